The summed E-state index contributed by atoms with van der Waals surface area (Å²) in [6, 6.07) is 11.7. The number of carbonyl (C=O) groups excluding carboxylic acids is 1. The smallest absolute Gasteiger partial charge is 0.269 e. The van der Waals surface area contributed by atoms with Crippen LogP contribution in [0.3, 0.4) is 0 Å². The Morgan fingerprint density at radius 3 is 2.23 bits per heavy atom. The minimum absolute atomic E-state index is 0.0300. The molecular weight excluding hydrogens is 422 g/mol. The molecule has 164 valence electrons. The van der Waals surface area contributed by atoms with Crippen LogP contribution in [0.2, 0.25) is 0 Å². The zero-order valence-electron chi connectivity index (χ0n) is 17.1. The number of non-ortho nitro benzene ring substituents is 1. The van der Waals surface area contributed by atoms with Gasteiger partial charge in [0.15, 0.2) is 0 Å². The summed E-state index contributed by atoms with van der Waals surface area (Å²) in [5.74, 6) is -0.412. The van der Waals surface area contributed by atoms with E-state index in [1.54, 1.807) is 0 Å². The van der Waals surface area contributed by atoms with Crippen LogP contribution >= 0.6 is 0 Å². The van der Waals surface area contributed by atoms with Crippen molar-refractivity contribution in [2.75, 3.05) is 18.4 Å². The molecule has 2 aromatic rings. The number of benzene rings is 2. The van der Waals surface area contributed by atoms with Crippen molar-refractivity contribution in [3.8, 4) is 0 Å². The van der Waals surface area contributed by atoms with Crippen molar-refractivity contribution >= 4 is 33.4 Å². The molecule has 1 N–H and O–H groups in total. The maximum Gasteiger partial charge on any atom is 0.269 e. The lowest BCUT2D eigenvalue weighted by Gasteiger charge is -2.34. The first-order valence-electron chi connectivity index (χ1n) is 9.64. The maximum absolute atomic E-state index is 12.9. The van der Waals surface area contributed by atoms with Crippen LogP contribution in [0, 0.1) is 10.1 Å². The highest BCUT2D eigenvalue weighted by atomic mass is 32.2. The number of sulfonamides is 1. The summed E-state index contributed by atoms with van der Waals surface area (Å²) in [5.41, 5.74) is 1.05. The number of nitrogens with one attached hydrogen (secondary N) is 1. The third kappa shape index (κ3) is 5.75. The zero-order chi connectivity index (χ0) is 22.6. The fourth-order valence-corrected chi connectivity index (χ4v) is 4.84. The maximum atomic E-state index is 12.9. The number of nitrogens with zero attached hydrogens (tertiary/aromatic N) is 2. The molecule has 1 aliphatic heterocycles. The van der Waals surface area contributed by atoms with Crippen molar-refractivity contribution in [3.05, 3.63) is 70.3 Å². The number of hydrogen-bond donors (Lipinski definition) is 1. The fourth-order valence-electron chi connectivity index (χ4n) is 3.25. The van der Waals surface area contributed by atoms with Crippen LogP contribution in [-0.2, 0) is 19.6 Å². The third-order valence-corrected chi connectivity index (χ3v) is 6.52. The van der Waals surface area contributed by atoms with E-state index < -0.39 is 20.9 Å². The van der Waals surface area contributed by atoms with Gasteiger partial charge in [-0.05, 0) is 61.9 Å². The average molecular weight is 445 g/mol. The SMILES string of the molecule is CC1CN(S(=O)(=O)c2ccc(NC(=O)/C=C/c3ccc([N+](=O)[O-])cc3)cc2)CC(C)O1. The van der Waals surface area contributed by atoms with Gasteiger partial charge in [0.1, 0.15) is 0 Å². The van der Waals surface area contributed by atoms with Gasteiger partial charge in [0.2, 0.25) is 15.9 Å². The van der Waals surface area contributed by atoms with E-state index >= 15 is 0 Å². The fraction of sp³-hybridized carbons (Fsp3) is 0.286. The minimum Gasteiger partial charge on any atom is -0.373 e. The summed E-state index contributed by atoms with van der Waals surface area (Å²) < 4.78 is 32.7. The lowest BCUT2D eigenvalue weighted by molar-refractivity contribution is -0.384. The highest BCUT2D eigenvalue weighted by Crippen LogP contribution is 2.22. The van der Waals surface area contributed by atoms with E-state index in [9.17, 15) is 23.3 Å². The number of hydrogen-bond acceptors (Lipinski definition) is 6. The molecule has 1 amide bonds. The van der Waals surface area contributed by atoms with Gasteiger partial charge in [-0.2, -0.15) is 4.31 Å². The quantitative estimate of drug-likeness (QED) is 0.415. The lowest BCUT2D eigenvalue weighted by Crippen LogP contribution is -2.48. The van der Waals surface area contributed by atoms with E-state index in [-0.39, 0.29) is 22.8 Å². The third-order valence-electron chi connectivity index (χ3n) is 4.68. The first-order valence-corrected chi connectivity index (χ1v) is 11.1. The highest BCUT2D eigenvalue weighted by molar-refractivity contribution is 7.89. The molecule has 0 bridgehead atoms. The molecule has 0 spiro atoms. The molecule has 2 atom stereocenters. The van der Waals surface area contributed by atoms with Crippen LogP contribution in [0.25, 0.3) is 6.08 Å². The van der Waals surface area contributed by atoms with Crippen molar-refractivity contribution in [2.45, 2.75) is 31.0 Å². The van der Waals surface area contributed by atoms with Crippen molar-refractivity contribution in [2.24, 2.45) is 0 Å². The number of rotatable bonds is 6. The van der Waals surface area contributed by atoms with Gasteiger partial charge < -0.3 is 10.1 Å². The van der Waals surface area contributed by atoms with E-state index in [2.05, 4.69) is 5.32 Å². The van der Waals surface area contributed by atoms with Crippen LogP contribution < -0.4 is 5.32 Å². The monoisotopic (exact) mass is 445 g/mol. The Labute approximate surface area is 180 Å². The predicted octanol–water partition coefficient (Wildman–Crippen LogP) is 3.04. The van der Waals surface area contributed by atoms with E-state index in [0.717, 1.165) is 0 Å². The second-order valence-corrected chi connectivity index (χ2v) is 9.21. The normalized spacial score (nSPS) is 19.9. The second kappa shape index (κ2) is 9.38. The van der Waals surface area contributed by atoms with Gasteiger partial charge in [0, 0.05) is 37.0 Å². The Kier molecular flexibility index (Phi) is 6.84. The van der Waals surface area contributed by atoms with Crippen LogP contribution in [0.4, 0.5) is 11.4 Å². The molecule has 2 aromatic carbocycles. The van der Waals surface area contributed by atoms with E-state index in [1.165, 1.54) is 65.0 Å². The lowest BCUT2D eigenvalue weighted by atomic mass is 10.2. The Balaban J connectivity index is 1.63. The molecular formula is C21H23N3O6S. The summed E-state index contributed by atoms with van der Waals surface area (Å²) in [5, 5.41) is 13.3. The number of nitro groups is 1. The molecule has 31 heavy (non-hydrogen) atoms. The topological polar surface area (TPSA) is 119 Å². The van der Waals surface area contributed by atoms with Gasteiger partial charge >= 0.3 is 0 Å². The zero-order valence-corrected chi connectivity index (χ0v) is 17.9. The largest absolute Gasteiger partial charge is 0.373 e. The Morgan fingerprint density at radius 1 is 1.10 bits per heavy atom. The molecule has 1 aliphatic rings. The number of nitro benzene ring substituents is 1. The standard InChI is InChI=1S/C21H23N3O6S/c1-15-13-23(14-16(2)30-15)31(28,29)20-10-6-18(7-11-20)22-21(25)12-5-17-3-8-19(9-4-17)24(26)27/h3-12,15-16H,13-14H2,1-2H3,(H,22,25)/b12-5+. The molecule has 10 heteroatoms. The van der Waals surface area contributed by atoms with Crippen molar-refractivity contribution < 1.29 is 22.9 Å². The Morgan fingerprint density at radius 2 is 1.68 bits per heavy atom. The average Bonchev–Trinajstić information content (AvgIpc) is 2.72. The number of morpholine rings is 1. The minimum atomic E-state index is -3.65. The van der Waals surface area contributed by atoms with Gasteiger partial charge in [-0.15, -0.1) is 0 Å². The first kappa shape index (κ1) is 22.6. The Bertz CT molecular complexity index is 1070. The molecule has 2 unspecified atom stereocenters. The summed E-state index contributed by atoms with van der Waals surface area (Å²) >= 11 is 0. The highest BCUT2D eigenvalue weighted by Gasteiger charge is 2.32. The molecule has 0 saturated carbocycles. The summed E-state index contributed by atoms with van der Waals surface area (Å²) in [7, 11) is -3.65. The van der Waals surface area contributed by atoms with E-state index in [4.69, 9.17) is 4.74 Å². The van der Waals surface area contributed by atoms with Crippen molar-refractivity contribution in [1.29, 1.82) is 0 Å². The van der Waals surface area contributed by atoms with Crippen LogP contribution in [-0.4, -0.2) is 48.9 Å². The molecule has 1 saturated heterocycles. The predicted molar refractivity (Wildman–Crippen MR) is 116 cm³/mol. The van der Waals surface area contributed by atoms with Crippen LogP contribution in [0.15, 0.2) is 59.5 Å². The van der Waals surface area contributed by atoms with Crippen molar-refractivity contribution in [1.82, 2.24) is 4.31 Å². The molecule has 3 rings (SSSR count). The van der Waals surface area contributed by atoms with Gasteiger partial charge in [-0.25, -0.2) is 8.42 Å². The Hall–Kier alpha value is -3.08. The summed E-state index contributed by atoms with van der Waals surface area (Å²) in [6.45, 7) is 4.25. The number of amides is 1. The molecule has 0 aromatic heterocycles. The van der Waals surface area contributed by atoms with Gasteiger partial charge in [-0.1, -0.05) is 0 Å². The summed E-state index contributed by atoms with van der Waals surface area (Å²) in [6.07, 6.45) is 2.46. The number of carbonyl (C=O) groups is 1. The molecule has 0 radical (unpaired) electrons. The van der Waals surface area contributed by atoms with Gasteiger partial charge in [0.05, 0.1) is 22.0 Å². The molecule has 0 aliphatic carbocycles. The first-order chi connectivity index (χ1) is 14.6. The van der Waals surface area contributed by atoms with Crippen LogP contribution in [0.5, 0.6) is 0 Å². The second-order valence-electron chi connectivity index (χ2n) is 7.27. The molecule has 1 fully saturated rings. The molecule has 1 heterocycles. The van der Waals surface area contributed by atoms with E-state index in [0.29, 0.717) is 24.3 Å². The van der Waals surface area contributed by atoms with Gasteiger partial charge in [0.25, 0.3) is 5.69 Å². The number of ether oxygens (including phenoxy) is 1. The van der Waals surface area contributed by atoms with E-state index in [1.807, 2.05) is 13.8 Å². The van der Waals surface area contributed by atoms with Crippen LogP contribution in [0.1, 0.15) is 19.4 Å². The number of anilines is 1. The molecule has 9 nitrogen and oxygen atoms in total. The van der Waals surface area contributed by atoms with Gasteiger partial charge in [-0.3, -0.25) is 14.9 Å². The summed E-state index contributed by atoms with van der Waals surface area (Å²) in [4.78, 5) is 22.4. The van der Waals surface area contributed by atoms with Crippen molar-refractivity contribution in [3.63, 3.8) is 0 Å².